The number of carbonyl (C=O) groups excluding carboxylic acids is 1. The van der Waals surface area contributed by atoms with Crippen molar-refractivity contribution in [3.63, 3.8) is 0 Å². The maximum atomic E-state index is 10.2. The topological polar surface area (TPSA) is 17.1 Å². The molecule has 0 aliphatic heterocycles. The molecule has 0 unspecified atom stereocenters. The molecule has 0 spiro atoms. The predicted octanol–water partition coefficient (Wildman–Crippen LogP) is 4.01. The normalized spacial score (nSPS) is 9.00. The molecule has 0 saturated heterocycles. The summed E-state index contributed by atoms with van der Waals surface area (Å²) in [5.41, 5.74) is 1.41. The molecule has 0 atom stereocenters. The lowest BCUT2D eigenvalue weighted by Crippen LogP contribution is -1.86. The number of unbranched alkanes of at least 4 members (excludes halogenated alkanes) is 1. The van der Waals surface area contributed by atoms with Gasteiger partial charge in [0.25, 0.3) is 0 Å². The van der Waals surface area contributed by atoms with Gasteiger partial charge in [0.15, 0.2) is 0 Å². The second kappa shape index (κ2) is 9.45. The monoisotopic (exact) mass is 206 g/mol. The molecule has 1 aromatic carbocycles. The highest BCUT2D eigenvalue weighted by molar-refractivity contribution is 5.75. The van der Waals surface area contributed by atoms with Gasteiger partial charge < -0.3 is 4.79 Å². The van der Waals surface area contributed by atoms with E-state index >= 15 is 0 Å². The summed E-state index contributed by atoms with van der Waals surface area (Å²) in [4.78, 5) is 10.2. The molecule has 1 rings (SSSR count). The summed E-state index contributed by atoms with van der Waals surface area (Å²) >= 11 is 0. The van der Waals surface area contributed by atoms with Crippen molar-refractivity contribution < 1.29 is 4.79 Å². The summed E-state index contributed by atoms with van der Waals surface area (Å²) in [6, 6.07) is 10.5. The summed E-state index contributed by atoms with van der Waals surface area (Å²) in [5.74, 6) is 0.307. The van der Waals surface area contributed by atoms with Crippen molar-refractivity contribution in [2.24, 2.45) is 0 Å². The molecule has 1 aromatic rings. The largest absolute Gasteiger partial charge is 0.300 e. The lowest BCUT2D eigenvalue weighted by atomic mass is 10.2. The van der Waals surface area contributed by atoms with Crippen molar-refractivity contribution >= 4 is 5.78 Å². The van der Waals surface area contributed by atoms with Crippen LogP contribution in [0.15, 0.2) is 30.3 Å². The predicted molar refractivity (Wildman–Crippen MR) is 66.0 cm³/mol. The van der Waals surface area contributed by atoms with Gasteiger partial charge in [-0.15, -0.1) is 0 Å². The van der Waals surface area contributed by atoms with E-state index in [2.05, 4.69) is 38.1 Å². The van der Waals surface area contributed by atoms with Crippen molar-refractivity contribution in [2.75, 3.05) is 0 Å². The Balaban J connectivity index is 0.000000265. The second-order valence-corrected chi connectivity index (χ2v) is 3.64. The third-order valence-corrected chi connectivity index (χ3v) is 2.13. The summed E-state index contributed by atoms with van der Waals surface area (Å²) in [7, 11) is 0. The number of hydrogen-bond acceptors (Lipinski definition) is 1. The van der Waals surface area contributed by atoms with Crippen LogP contribution in [0.2, 0.25) is 0 Å². The van der Waals surface area contributed by atoms with Gasteiger partial charge in [0, 0.05) is 6.42 Å². The average Bonchev–Trinajstić information content (AvgIpc) is 2.28. The number of benzene rings is 1. The summed E-state index contributed by atoms with van der Waals surface area (Å²) in [5, 5.41) is 0. The molecule has 0 amide bonds. The fraction of sp³-hybridized carbons (Fsp3) is 0.500. The number of rotatable bonds is 4. The molecule has 0 saturated carbocycles. The van der Waals surface area contributed by atoms with E-state index in [-0.39, 0.29) is 0 Å². The molecule has 0 fully saturated rings. The van der Waals surface area contributed by atoms with Crippen LogP contribution >= 0.6 is 0 Å². The van der Waals surface area contributed by atoms with Crippen LogP contribution in [0.5, 0.6) is 0 Å². The van der Waals surface area contributed by atoms with Gasteiger partial charge in [-0.1, -0.05) is 50.6 Å². The third-order valence-electron chi connectivity index (χ3n) is 2.13. The maximum absolute atomic E-state index is 10.2. The molecule has 0 aliphatic rings. The van der Waals surface area contributed by atoms with Gasteiger partial charge in [-0.05, 0) is 25.3 Å². The molecule has 15 heavy (non-hydrogen) atoms. The third kappa shape index (κ3) is 9.20. The van der Waals surface area contributed by atoms with Crippen molar-refractivity contribution in [1.82, 2.24) is 0 Å². The van der Waals surface area contributed by atoms with Crippen LogP contribution in [0.1, 0.15) is 45.6 Å². The number of aryl methyl sites for hydroxylation is 1. The van der Waals surface area contributed by atoms with Crippen molar-refractivity contribution in [2.45, 2.75) is 46.5 Å². The fourth-order valence-electron chi connectivity index (χ4n) is 1.14. The average molecular weight is 206 g/mol. The molecular weight excluding hydrogens is 184 g/mol. The molecule has 0 aliphatic carbocycles. The van der Waals surface area contributed by atoms with Gasteiger partial charge in [0.1, 0.15) is 5.78 Å². The molecule has 0 radical (unpaired) electrons. The van der Waals surface area contributed by atoms with E-state index in [9.17, 15) is 4.79 Å². The van der Waals surface area contributed by atoms with Gasteiger partial charge in [-0.2, -0.15) is 0 Å². The first-order valence-electron chi connectivity index (χ1n) is 5.74. The standard InChI is InChI=1S/C8H10.C6H12O/c1-2-8-6-4-3-5-7-8;1-3-4-5-6(2)7/h3-7H,2H2,1H3;3-5H2,1-2H3. The van der Waals surface area contributed by atoms with E-state index in [1.54, 1.807) is 6.92 Å². The van der Waals surface area contributed by atoms with Gasteiger partial charge >= 0.3 is 0 Å². The Bertz CT molecular complexity index is 251. The minimum absolute atomic E-state index is 0.307. The van der Waals surface area contributed by atoms with Crippen molar-refractivity contribution in [1.29, 1.82) is 0 Å². The van der Waals surface area contributed by atoms with Gasteiger partial charge in [0.05, 0.1) is 0 Å². The zero-order valence-corrected chi connectivity index (χ0v) is 10.1. The molecular formula is C14H22O. The summed E-state index contributed by atoms with van der Waals surface area (Å²) in [6.07, 6.45) is 4.08. The highest BCUT2D eigenvalue weighted by atomic mass is 16.1. The van der Waals surface area contributed by atoms with Gasteiger partial charge in [0.2, 0.25) is 0 Å². The fourth-order valence-corrected chi connectivity index (χ4v) is 1.14. The van der Waals surface area contributed by atoms with Crippen LogP contribution in [0.25, 0.3) is 0 Å². The zero-order valence-electron chi connectivity index (χ0n) is 10.1. The van der Waals surface area contributed by atoms with E-state index in [4.69, 9.17) is 0 Å². The number of Topliss-reactive ketones (excluding diaryl/α,β-unsaturated/α-hetero) is 1. The Morgan fingerprint density at radius 3 is 2.00 bits per heavy atom. The maximum Gasteiger partial charge on any atom is 0.129 e. The first kappa shape index (κ1) is 13.9. The van der Waals surface area contributed by atoms with E-state index in [1.165, 1.54) is 5.56 Å². The van der Waals surface area contributed by atoms with Crippen LogP contribution in [0, 0.1) is 0 Å². The lowest BCUT2D eigenvalue weighted by Gasteiger charge is -1.89. The van der Waals surface area contributed by atoms with Gasteiger partial charge in [-0.25, -0.2) is 0 Å². The second-order valence-electron chi connectivity index (χ2n) is 3.64. The highest BCUT2D eigenvalue weighted by Gasteiger charge is 1.87. The zero-order chi connectivity index (χ0) is 11.5. The molecule has 0 N–H and O–H groups in total. The molecule has 0 bridgehead atoms. The minimum Gasteiger partial charge on any atom is -0.300 e. The van der Waals surface area contributed by atoms with E-state index in [0.717, 1.165) is 25.7 Å². The van der Waals surface area contributed by atoms with Crippen LogP contribution in [-0.2, 0) is 11.2 Å². The molecule has 0 heterocycles. The summed E-state index contributed by atoms with van der Waals surface area (Å²) < 4.78 is 0. The lowest BCUT2D eigenvalue weighted by molar-refractivity contribution is -0.117. The molecule has 84 valence electrons. The van der Waals surface area contributed by atoms with E-state index in [1.807, 2.05) is 6.07 Å². The van der Waals surface area contributed by atoms with Crippen LogP contribution in [0.4, 0.5) is 0 Å². The summed E-state index contributed by atoms with van der Waals surface area (Å²) in [6.45, 7) is 5.88. The first-order valence-corrected chi connectivity index (χ1v) is 5.74. The first-order chi connectivity index (χ1) is 7.20. The molecule has 1 nitrogen and oxygen atoms in total. The van der Waals surface area contributed by atoms with Crippen molar-refractivity contribution in [3.05, 3.63) is 35.9 Å². The minimum atomic E-state index is 0.307. The Kier molecular flexibility index (Phi) is 8.75. The van der Waals surface area contributed by atoms with E-state index in [0.29, 0.717) is 5.78 Å². The number of ketones is 1. The van der Waals surface area contributed by atoms with Crippen LogP contribution < -0.4 is 0 Å². The Hall–Kier alpha value is -1.11. The van der Waals surface area contributed by atoms with Gasteiger partial charge in [-0.3, -0.25) is 0 Å². The van der Waals surface area contributed by atoms with Crippen LogP contribution in [-0.4, -0.2) is 5.78 Å². The van der Waals surface area contributed by atoms with Crippen LogP contribution in [0.3, 0.4) is 0 Å². The highest BCUT2D eigenvalue weighted by Crippen LogP contribution is 1.96. The Labute approximate surface area is 93.5 Å². The molecule has 0 aromatic heterocycles. The number of carbonyl (C=O) groups is 1. The Morgan fingerprint density at radius 2 is 1.73 bits per heavy atom. The SMILES string of the molecule is CCCCC(C)=O.CCc1ccccc1. The van der Waals surface area contributed by atoms with Crippen molar-refractivity contribution in [3.8, 4) is 0 Å². The van der Waals surface area contributed by atoms with E-state index < -0.39 is 0 Å². The Morgan fingerprint density at radius 1 is 1.13 bits per heavy atom. The molecule has 1 heteroatoms. The smallest absolute Gasteiger partial charge is 0.129 e. The number of hydrogen-bond donors (Lipinski definition) is 0. The quantitative estimate of drug-likeness (QED) is 0.727.